The van der Waals surface area contributed by atoms with E-state index in [2.05, 4.69) is 21.2 Å². The SMILES string of the molecule is O=C(C=CNc1ccc(F)cc1Br)c1ccccc1. The minimum atomic E-state index is -0.318. The number of rotatable bonds is 4. The van der Waals surface area contributed by atoms with Crippen LogP contribution in [0.4, 0.5) is 10.1 Å². The average Bonchev–Trinajstić information content (AvgIpc) is 2.42. The second-order valence-corrected chi connectivity index (χ2v) is 4.69. The molecule has 0 aliphatic rings. The predicted octanol–water partition coefficient (Wildman–Crippen LogP) is 4.40. The van der Waals surface area contributed by atoms with E-state index in [1.165, 1.54) is 24.4 Å². The van der Waals surface area contributed by atoms with Gasteiger partial charge in [-0.3, -0.25) is 4.79 Å². The summed E-state index contributed by atoms with van der Waals surface area (Å²) in [7, 11) is 0. The van der Waals surface area contributed by atoms with Crippen molar-refractivity contribution in [2.75, 3.05) is 5.32 Å². The summed E-state index contributed by atoms with van der Waals surface area (Å²) in [5.41, 5.74) is 1.32. The summed E-state index contributed by atoms with van der Waals surface area (Å²) in [6, 6.07) is 13.3. The van der Waals surface area contributed by atoms with E-state index in [-0.39, 0.29) is 11.6 Å². The molecule has 2 aromatic carbocycles. The van der Waals surface area contributed by atoms with Crippen molar-refractivity contribution < 1.29 is 9.18 Å². The van der Waals surface area contributed by atoms with Gasteiger partial charge in [0.15, 0.2) is 5.78 Å². The van der Waals surface area contributed by atoms with Crippen molar-refractivity contribution >= 4 is 27.4 Å². The molecule has 0 saturated carbocycles. The van der Waals surface area contributed by atoms with E-state index in [1.807, 2.05) is 18.2 Å². The van der Waals surface area contributed by atoms with Gasteiger partial charge in [0.25, 0.3) is 0 Å². The number of benzene rings is 2. The average molecular weight is 320 g/mol. The van der Waals surface area contributed by atoms with Gasteiger partial charge in [0.2, 0.25) is 0 Å². The first-order chi connectivity index (χ1) is 9.16. The number of ketones is 1. The second kappa shape index (κ2) is 6.29. The van der Waals surface area contributed by atoms with E-state index >= 15 is 0 Å². The van der Waals surface area contributed by atoms with Crippen LogP contribution in [0.5, 0.6) is 0 Å². The number of nitrogens with one attached hydrogen (secondary N) is 1. The van der Waals surface area contributed by atoms with Crippen LogP contribution >= 0.6 is 15.9 Å². The summed E-state index contributed by atoms with van der Waals surface area (Å²) in [5, 5.41) is 2.93. The van der Waals surface area contributed by atoms with E-state index in [0.717, 1.165) is 0 Å². The van der Waals surface area contributed by atoms with Gasteiger partial charge < -0.3 is 5.32 Å². The number of hydrogen-bond acceptors (Lipinski definition) is 2. The second-order valence-electron chi connectivity index (χ2n) is 3.83. The van der Waals surface area contributed by atoms with Crippen molar-refractivity contribution in [1.29, 1.82) is 0 Å². The van der Waals surface area contributed by atoms with Gasteiger partial charge in [-0.1, -0.05) is 30.3 Å². The summed E-state index contributed by atoms with van der Waals surface area (Å²) in [6.07, 6.45) is 2.97. The highest BCUT2D eigenvalue weighted by Gasteiger charge is 2.01. The van der Waals surface area contributed by atoms with Gasteiger partial charge >= 0.3 is 0 Å². The number of carbonyl (C=O) groups is 1. The molecule has 19 heavy (non-hydrogen) atoms. The van der Waals surface area contributed by atoms with Crippen LogP contribution in [0.1, 0.15) is 10.4 Å². The quantitative estimate of drug-likeness (QED) is 0.668. The zero-order valence-electron chi connectivity index (χ0n) is 9.94. The summed E-state index contributed by atoms with van der Waals surface area (Å²) in [5.74, 6) is -0.409. The van der Waals surface area contributed by atoms with Crippen molar-refractivity contribution in [3.63, 3.8) is 0 Å². The Hall–Kier alpha value is -1.94. The summed E-state index contributed by atoms with van der Waals surface area (Å²) < 4.78 is 13.5. The number of allylic oxidation sites excluding steroid dienone is 1. The van der Waals surface area contributed by atoms with Crippen LogP contribution in [0.15, 0.2) is 65.3 Å². The fraction of sp³-hybridized carbons (Fsp3) is 0. The van der Waals surface area contributed by atoms with E-state index in [9.17, 15) is 9.18 Å². The molecule has 0 bridgehead atoms. The molecule has 2 nitrogen and oxygen atoms in total. The van der Waals surface area contributed by atoms with Crippen LogP contribution in [-0.4, -0.2) is 5.78 Å². The molecule has 0 atom stereocenters. The van der Waals surface area contributed by atoms with Crippen LogP contribution in [0.25, 0.3) is 0 Å². The molecule has 0 saturated heterocycles. The van der Waals surface area contributed by atoms with E-state index < -0.39 is 0 Å². The van der Waals surface area contributed by atoms with Gasteiger partial charge in [-0.05, 0) is 34.1 Å². The van der Waals surface area contributed by atoms with E-state index in [4.69, 9.17) is 0 Å². The molecule has 0 aromatic heterocycles. The van der Waals surface area contributed by atoms with Gasteiger partial charge in [-0.15, -0.1) is 0 Å². The van der Waals surface area contributed by atoms with Gasteiger partial charge in [-0.25, -0.2) is 4.39 Å². The third kappa shape index (κ3) is 3.76. The lowest BCUT2D eigenvalue weighted by Gasteiger charge is -2.03. The topological polar surface area (TPSA) is 29.1 Å². The van der Waals surface area contributed by atoms with Gasteiger partial charge in [0, 0.05) is 22.3 Å². The minimum absolute atomic E-state index is 0.0914. The Kier molecular flexibility index (Phi) is 4.47. The Labute approximate surface area is 119 Å². The molecule has 1 N–H and O–H groups in total. The van der Waals surface area contributed by atoms with Crippen LogP contribution < -0.4 is 5.32 Å². The van der Waals surface area contributed by atoms with Gasteiger partial charge in [0.1, 0.15) is 5.82 Å². The number of halogens is 2. The molecule has 2 rings (SSSR count). The third-order valence-corrected chi connectivity index (χ3v) is 3.12. The number of anilines is 1. The lowest BCUT2D eigenvalue weighted by Crippen LogP contribution is -1.96. The third-order valence-electron chi connectivity index (χ3n) is 2.46. The molecule has 0 heterocycles. The van der Waals surface area contributed by atoms with E-state index in [0.29, 0.717) is 15.7 Å². The Morgan fingerprint density at radius 2 is 1.89 bits per heavy atom. The molecule has 0 aliphatic carbocycles. The highest BCUT2D eigenvalue weighted by atomic mass is 79.9. The fourth-order valence-corrected chi connectivity index (χ4v) is 1.98. The van der Waals surface area contributed by atoms with Crippen molar-refractivity contribution in [3.8, 4) is 0 Å². The fourth-order valence-electron chi connectivity index (χ4n) is 1.51. The van der Waals surface area contributed by atoms with Crippen molar-refractivity contribution in [1.82, 2.24) is 0 Å². The number of carbonyl (C=O) groups excluding carboxylic acids is 1. The summed E-state index contributed by atoms with van der Waals surface area (Å²) in [6.45, 7) is 0. The molecule has 2 aromatic rings. The highest BCUT2D eigenvalue weighted by Crippen LogP contribution is 2.22. The predicted molar refractivity (Wildman–Crippen MR) is 77.6 cm³/mol. The van der Waals surface area contributed by atoms with Crippen molar-refractivity contribution in [3.05, 3.63) is 76.7 Å². The molecular weight excluding hydrogens is 309 g/mol. The monoisotopic (exact) mass is 319 g/mol. The maximum Gasteiger partial charge on any atom is 0.187 e. The van der Waals surface area contributed by atoms with Gasteiger partial charge in [-0.2, -0.15) is 0 Å². The Morgan fingerprint density at radius 1 is 1.16 bits per heavy atom. The van der Waals surface area contributed by atoms with E-state index in [1.54, 1.807) is 18.2 Å². The molecule has 0 amide bonds. The summed E-state index contributed by atoms with van der Waals surface area (Å²) in [4.78, 5) is 11.8. The Bertz CT molecular complexity index is 611. The van der Waals surface area contributed by atoms with Crippen molar-refractivity contribution in [2.24, 2.45) is 0 Å². The molecule has 0 aliphatic heterocycles. The zero-order chi connectivity index (χ0) is 13.7. The zero-order valence-corrected chi connectivity index (χ0v) is 11.5. The largest absolute Gasteiger partial charge is 0.361 e. The lowest BCUT2D eigenvalue weighted by molar-refractivity contribution is 0.104. The Morgan fingerprint density at radius 3 is 2.58 bits per heavy atom. The first-order valence-corrected chi connectivity index (χ1v) is 6.43. The molecule has 0 spiro atoms. The van der Waals surface area contributed by atoms with Gasteiger partial charge in [0.05, 0.1) is 5.69 Å². The van der Waals surface area contributed by atoms with Crippen LogP contribution in [-0.2, 0) is 0 Å². The normalized spacial score (nSPS) is 10.6. The summed E-state index contributed by atoms with van der Waals surface area (Å²) >= 11 is 3.24. The Balaban J connectivity index is 2.02. The molecular formula is C15H11BrFNO. The standard InChI is InChI=1S/C15H11BrFNO/c16-13-10-12(17)6-7-14(13)18-9-8-15(19)11-4-2-1-3-5-11/h1-10,18H. The lowest BCUT2D eigenvalue weighted by atomic mass is 10.1. The van der Waals surface area contributed by atoms with Crippen molar-refractivity contribution in [2.45, 2.75) is 0 Å². The smallest absolute Gasteiger partial charge is 0.187 e. The molecule has 0 radical (unpaired) electrons. The van der Waals surface area contributed by atoms with Crippen LogP contribution in [0.2, 0.25) is 0 Å². The van der Waals surface area contributed by atoms with Crippen LogP contribution in [0.3, 0.4) is 0 Å². The first-order valence-electron chi connectivity index (χ1n) is 5.64. The first kappa shape index (κ1) is 13.5. The maximum absolute atomic E-state index is 12.9. The highest BCUT2D eigenvalue weighted by molar-refractivity contribution is 9.10. The minimum Gasteiger partial charge on any atom is -0.361 e. The number of hydrogen-bond donors (Lipinski definition) is 1. The maximum atomic E-state index is 12.9. The molecule has 4 heteroatoms. The molecule has 96 valence electrons. The van der Waals surface area contributed by atoms with Crippen LogP contribution in [0, 0.1) is 5.82 Å². The molecule has 0 fully saturated rings. The molecule has 0 unspecified atom stereocenters.